The average molecular weight is 146 g/mol. The largest absolute Gasteiger partial charge is 0.0496 e. The summed E-state index contributed by atoms with van der Waals surface area (Å²) in [6.07, 6.45) is 4.90. The molecule has 0 N–H and O–H groups in total. The lowest BCUT2D eigenvalue weighted by atomic mass is 9.68. The first kappa shape index (κ1) is 4.89. The van der Waals surface area contributed by atoms with Crippen molar-refractivity contribution in [2.45, 2.75) is 19.3 Å². The Kier molecular flexibility index (Phi) is 0.494. The molecule has 0 aliphatic heterocycles. The Bertz CT molecular complexity index is 242. The normalized spacial score (nSPS) is 85.1. The summed E-state index contributed by atoms with van der Waals surface area (Å²) in [5.74, 6) is 10.3. The Morgan fingerprint density at radius 2 is 1.18 bits per heavy atom. The highest BCUT2D eigenvalue weighted by molar-refractivity contribution is 5.28. The fourth-order valence-electron chi connectivity index (χ4n) is 5.56. The topological polar surface area (TPSA) is 0 Å². The van der Waals surface area contributed by atoms with E-state index in [0.29, 0.717) is 0 Å². The highest BCUT2D eigenvalue weighted by Crippen LogP contribution is 2.86. The van der Waals surface area contributed by atoms with Crippen molar-refractivity contribution in [2.75, 3.05) is 0 Å². The van der Waals surface area contributed by atoms with E-state index in [1.54, 1.807) is 19.3 Å². The molecule has 0 nitrogen and oxygen atoms in total. The molecule has 0 heteroatoms. The lowest BCUT2D eigenvalue weighted by Gasteiger charge is -2.37. The van der Waals surface area contributed by atoms with Gasteiger partial charge in [-0.3, -0.25) is 0 Å². The smallest absolute Gasteiger partial charge is 0.0312 e. The molecule has 5 fully saturated rings. The molecular formula is C11H14. The maximum absolute atomic E-state index is 1.66. The first-order chi connectivity index (χ1) is 5.47. The molecule has 0 heterocycles. The predicted molar refractivity (Wildman–Crippen MR) is 41.8 cm³/mol. The molecule has 58 valence electrons. The van der Waals surface area contributed by atoms with Gasteiger partial charge in [0.25, 0.3) is 0 Å². The number of hydrogen-bond acceptors (Lipinski definition) is 0. The fraction of sp³-hybridized carbons (Fsp3) is 1.00. The minimum absolute atomic E-state index is 1.26. The second kappa shape index (κ2) is 1.11. The van der Waals surface area contributed by atoms with Gasteiger partial charge in [0.2, 0.25) is 0 Å². The van der Waals surface area contributed by atoms with Crippen LogP contribution >= 0.6 is 0 Å². The van der Waals surface area contributed by atoms with Crippen LogP contribution in [0.5, 0.6) is 0 Å². The van der Waals surface area contributed by atoms with E-state index in [9.17, 15) is 0 Å². The molecule has 8 atom stereocenters. The summed E-state index contributed by atoms with van der Waals surface area (Å²) in [6, 6.07) is 0. The third-order valence-corrected chi connectivity index (χ3v) is 5.89. The van der Waals surface area contributed by atoms with Gasteiger partial charge in [-0.25, -0.2) is 0 Å². The van der Waals surface area contributed by atoms with Crippen LogP contribution < -0.4 is 0 Å². The molecule has 0 bridgehead atoms. The number of hydrogen-bond donors (Lipinski definition) is 0. The van der Waals surface area contributed by atoms with Gasteiger partial charge in [0, 0.05) is 0 Å². The van der Waals surface area contributed by atoms with Crippen molar-refractivity contribution < 1.29 is 0 Å². The predicted octanol–water partition coefficient (Wildman–Crippen LogP) is 2.15. The summed E-state index contributed by atoms with van der Waals surface area (Å²) < 4.78 is 0. The van der Waals surface area contributed by atoms with E-state index in [1.807, 2.05) is 0 Å². The molecule has 0 aromatic heterocycles. The standard InChI is InChI=1S/C11H14/c1-2-5-4(1)8-6-3-7(6)10-9(5)11(8)10/h4-11H,1-3H2. The maximum Gasteiger partial charge on any atom is -0.0312 e. The van der Waals surface area contributed by atoms with Gasteiger partial charge in [-0.15, -0.1) is 0 Å². The van der Waals surface area contributed by atoms with E-state index in [1.165, 1.54) is 47.3 Å². The van der Waals surface area contributed by atoms with Gasteiger partial charge in [-0.2, -0.15) is 0 Å². The molecule has 5 rings (SSSR count). The van der Waals surface area contributed by atoms with Crippen molar-refractivity contribution in [3.05, 3.63) is 0 Å². The molecule has 0 aromatic rings. The summed E-state index contributed by atoms with van der Waals surface area (Å²) in [5, 5.41) is 0. The highest BCUT2D eigenvalue weighted by Gasteiger charge is 2.81. The monoisotopic (exact) mass is 146 g/mol. The van der Waals surface area contributed by atoms with Crippen LogP contribution in [0.15, 0.2) is 0 Å². The third-order valence-electron chi connectivity index (χ3n) is 5.89. The van der Waals surface area contributed by atoms with Gasteiger partial charge in [0.15, 0.2) is 0 Å². The van der Waals surface area contributed by atoms with Crippen LogP contribution in [0.1, 0.15) is 19.3 Å². The van der Waals surface area contributed by atoms with Crippen molar-refractivity contribution in [2.24, 2.45) is 47.3 Å². The lowest BCUT2D eigenvalue weighted by Crippen LogP contribution is -2.29. The first-order valence-electron chi connectivity index (χ1n) is 5.47. The maximum atomic E-state index is 1.66. The van der Waals surface area contributed by atoms with Crippen molar-refractivity contribution in [1.29, 1.82) is 0 Å². The second-order valence-electron chi connectivity index (χ2n) is 5.78. The van der Waals surface area contributed by atoms with Crippen molar-refractivity contribution in [1.82, 2.24) is 0 Å². The summed E-state index contributed by atoms with van der Waals surface area (Å²) in [7, 11) is 0. The van der Waals surface area contributed by atoms with Gasteiger partial charge in [0.05, 0.1) is 0 Å². The molecule has 5 saturated carbocycles. The Labute approximate surface area is 67.4 Å². The second-order valence-corrected chi connectivity index (χ2v) is 5.78. The van der Waals surface area contributed by atoms with Crippen LogP contribution in [0.25, 0.3) is 0 Å². The zero-order chi connectivity index (χ0) is 6.74. The Morgan fingerprint density at radius 1 is 0.545 bits per heavy atom. The zero-order valence-corrected chi connectivity index (χ0v) is 6.74. The van der Waals surface area contributed by atoms with E-state index in [0.717, 1.165) is 0 Å². The van der Waals surface area contributed by atoms with Crippen LogP contribution in [0.3, 0.4) is 0 Å². The SMILES string of the molecule is C1CC2C1C1C3CC3C3C2C13. The minimum atomic E-state index is 1.26. The summed E-state index contributed by atoms with van der Waals surface area (Å²) in [4.78, 5) is 0. The molecular weight excluding hydrogens is 132 g/mol. The number of rotatable bonds is 0. The molecule has 5 aliphatic carbocycles. The Morgan fingerprint density at radius 3 is 2.00 bits per heavy atom. The van der Waals surface area contributed by atoms with Crippen molar-refractivity contribution in [3.8, 4) is 0 Å². The molecule has 0 amide bonds. The quantitative estimate of drug-likeness (QED) is 0.491. The summed E-state index contributed by atoms with van der Waals surface area (Å²) in [6.45, 7) is 0. The van der Waals surface area contributed by atoms with Crippen LogP contribution in [0.4, 0.5) is 0 Å². The van der Waals surface area contributed by atoms with Crippen molar-refractivity contribution in [3.63, 3.8) is 0 Å². The van der Waals surface area contributed by atoms with Gasteiger partial charge < -0.3 is 0 Å². The van der Waals surface area contributed by atoms with E-state index in [4.69, 9.17) is 0 Å². The molecule has 0 saturated heterocycles. The van der Waals surface area contributed by atoms with Crippen LogP contribution in [0.2, 0.25) is 0 Å². The Balaban J connectivity index is 1.73. The van der Waals surface area contributed by atoms with Crippen LogP contribution in [0, 0.1) is 47.3 Å². The molecule has 5 aliphatic rings. The molecule has 11 heavy (non-hydrogen) atoms. The zero-order valence-electron chi connectivity index (χ0n) is 6.74. The van der Waals surface area contributed by atoms with Gasteiger partial charge >= 0.3 is 0 Å². The number of fused-ring (bicyclic) bond motifs is 7. The molecule has 0 aromatic carbocycles. The summed E-state index contributed by atoms with van der Waals surface area (Å²) >= 11 is 0. The van der Waals surface area contributed by atoms with Gasteiger partial charge in [0.1, 0.15) is 0 Å². The molecule has 0 radical (unpaired) electrons. The third kappa shape index (κ3) is 0.316. The minimum Gasteiger partial charge on any atom is -0.0496 e. The molecule has 8 unspecified atom stereocenters. The van der Waals surface area contributed by atoms with Crippen LogP contribution in [-0.2, 0) is 0 Å². The fourth-order valence-corrected chi connectivity index (χ4v) is 5.56. The van der Waals surface area contributed by atoms with E-state index in [2.05, 4.69) is 0 Å². The van der Waals surface area contributed by atoms with Gasteiger partial charge in [-0.1, -0.05) is 0 Å². The highest BCUT2D eigenvalue weighted by atomic mass is 14.9. The Hall–Kier alpha value is 0. The van der Waals surface area contributed by atoms with E-state index < -0.39 is 0 Å². The first-order valence-corrected chi connectivity index (χ1v) is 5.47. The average Bonchev–Trinajstić information content (AvgIpc) is 2.71. The van der Waals surface area contributed by atoms with E-state index >= 15 is 0 Å². The van der Waals surface area contributed by atoms with Crippen molar-refractivity contribution >= 4 is 0 Å². The lowest BCUT2D eigenvalue weighted by molar-refractivity contribution is 0.125. The van der Waals surface area contributed by atoms with E-state index in [-0.39, 0.29) is 0 Å². The summed E-state index contributed by atoms with van der Waals surface area (Å²) in [5.41, 5.74) is 0. The van der Waals surface area contributed by atoms with Gasteiger partial charge in [-0.05, 0) is 66.6 Å². The molecule has 0 spiro atoms. The van der Waals surface area contributed by atoms with Crippen LogP contribution in [-0.4, -0.2) is 0 Å².